The summed E-state index contributed by atoms with van der Waals surface area (Å²) in [5.41, 5.74) is 0.00741. The van der Waals surface area contributed by atoms with Crippen molar-refractivity contribution in [1.29, 1.82) is 0 Å². The van der Waals surface area contributed by atoms with Gasteiger partial charge in [0.2, 0.25) is 5.91 Å². The number of aromatic nitrogens is 1. The third-order valence-corrected chi connectivity index (χ3v) is 3.54. The average Bonchev–Trinajstić information content (AvgIpc) is 2.84. The van der Waals surface area contributed by atoms with Crippen LogP contribution in [0.25, 0.3) is 0 Å². The van der Waals surface area contributed by atoms with E-state index >= 15 is 0 Å². The van der Waals surface area contributed by atoms with E-state index in [2.05, 4.69) is 31.5 Å². The quantitative estimate of drug-likeness (QED) is 0.743. The Labute approximate surface area is 138 Å². The number of hydrogen-bond donors (Lipinski definition) is 3. The van der Waals surface area contributed by atoms with Gasteiger partial charge in [-0.05, 0) is 53.8 Å². The lowest BCUT2D eigenvalue weighted by molar-refractivity contribution is -0.116. The van der Waals surface area contributed by atoms with E-state index in [4.69, 9.17) is 0 Å². The maximum absolute atomic E-state index is 11.7. The summed E-state index contributed by atoms with van der Waals surface area (Å²) in [6, 6.07) is 1.61. The van der Waals surface area contributed by atoms with Crippen LogP contribution >= 0.6 is 40.7 Å². The number of nitrogens with one attached hydrogen (secondary N) is 3. The maximum atomic E-state index is 11.7. The molecule has 1 aromatic heterocycles. The minimum Gasteiger partial charge on any atom is -0.326 e. The summed E-state index contributed by atoms with van der Waals surface area (Å²) in [4.78, 5) is 25.7. The van der Waals surface area contributed by atoms with Gasteiger partial charge in [-0.15, -0.1) is 24.8 Å². The molecular weight excluding hydrogens is 369 g/mol. The van der Waals surface area contributed by atoms with E-state index in [0.29, 0.717) is 18.0 Å². The summed E-state index contributed by atoms with van der Waals surface area (Å²) in [5.74, 6) is 0.474. The Bertz CT molecular complexity index is 490. The topological polar surface area (TPSA) is 74.0 Å². The van der Waals surface area contributed by atoms with E-state index < -0.39 is 0 Å². The third kappa shape index (κ3) is 5.83. The molecule has 0 spiro atoms. The average molecular weight is 387 g/mol. The zero-order valence-corrected chi connectivity index (χ0v) is 14.0. The number of carbonyl (C=O) groups is 1. The van der Waals surface area contributed by atoms with Gasteiger partial charge in [0.25, 0.3) is 5.56 Å². The summed E-state index contributed by atoms with van der Waals surface area (Å²) in [7, 11) is 0. The van der Waals surface area contributed by atoms with E-state index in [1.807, 2.05) is 0 Å². The highest BCUT2D eigenvalue weighted by Gasteiger charge is 2.16. The van der Waals surface area contributed by atoms with Gasteiger partial charge < -0.3 is 15.6 Å². The van der Waals surface area contributed by atoms with Crippen LogP contribution in [0.2, 0.25) is 0 Å². The molecule has 1 saturated heterocycles. The van der Waals surface area contributed by atoms with Crippen molar-refractivity contribution in [2.75, 3.05) is 18.4 Å². The molecule has 1 aromatic rings. The summed E-state index contributed by atoms with van der Waals surface area (Å²) in [5, 5.41) is 5.91. The first kappa shape index (κ1) is 19.4. The highest BCUT2D eigenvalue weighted by atomic mass is 79.9. The number of anilines is 1. The fourth-order valence-electron chi connectivity index (χ4n) is 2.06. The van der Waals surface area contributed by atoms with Gasteiger partial charge in [-0.25, -0.2) is 0 Å². The molecule has 3 N–H and O–H groups in total. The van der Waals surface area contributed by atoms with Gasteiger partial charge in [0, 0.05) is 17.1 Å². The van der Waals surface area contributed by atoms with Crippen molar-refractivity contribution in [1.82, 2.24) is 10.3 Å². The van der Waals surface area contributed by atoms with Gasteiger partial charge in [0.15, 0.2) is 0 Å². The Morgan fingerprint density at radius 3 is 2.85 bits per heavy atom. The smallest absolute Gasteiger partial charge is 0.271 e. The van der Waals surface area contributed by atoms with E-state index in [-0.39, 0.29) is 36.3 Å². The molecule has 0 bridgehead atoms. The second-order valence-corrected chi connectivity index (χ2v) is 5.42. The first-order valence-corrected chi connectivity index (χ1v) is 6.83. The number of hydrogen-bond acceptors (Lipinski definition) is 3. The van der Waals surface area contributed by atoms with Crippen molar-refractivity contribution in [3.8, 4) is 0 Å². The third-order valence-electron chi connectivity index (χ3n) is 3.08. The van der Waals surface area contributed by atoms with Gasteiger partial charge in [-0.1, -0.05) is 0 Å². The molecule has 1 aliphatic rings. The van der Waals surface area contributed by atoms with Crippen molar-refractivity contribution in [2.45, 2.75) is 19.3 Å². The summed E-state index contributed by atoms with van der Waals surface area (Å²) >= 11 is 3.25. The predicted octanol–water partition coefficient (Wildman–Crippen LogP) is 2.31. The van der Waals surface area contributed by atoms with Crippen molar-refractivity contribution < 1.29 is 4.79 Å². The van der Waals surface area contributed by atoms with E-state index in [0.717, 1.165) is 30.4 Å². The number of amides is 1. The molecule has 2 rings (SSSR count). The van der Waals surface area contributed by atoms with Crippen LogP contribution in [-0.2, 0) is 4.79 Å². The molecule has 0 aromatic carbocycles. The van der Waals surface area contributed by atoms with Crippen molar-refractivity contribution in [2.24, 2.45) is 5.92 Å². The molecular formula is C12H18BrCl2N3O2. The lowest BCUT2D eigenvalue weighted by atomic mass is 10.0. The van der Waals surface area contributed by atoms with Crippen molar-refractivity contribution in [3.63, 3.8) is 0 Å². The fraction of sp³-hybridized carbons (Fsp3) is 0.500. The molecule has 0 radical (unpaired) electrons. The van der Waals surface area contributed by atoms with Gasteiger partial charge in [0.05, 0.1) is 0 Å². The molecule has 20 heavy (non-hydrogen) atoms. The Kier molecular flexibility index (Phi) is 9.13. The second kappa shape index (κ2) is 9.39. The number of halogens is 3. The monoisotopic (exact) mass is 385 g/mol. The molecule has 1 aliphatic heterocycles. The minimum atomic E-state index is -0.283. The maximum Gasteiger partial charge on any atom is 0.271 e. The molecule has 1 unspecified atom stereocenters. The molecule has 1 amide bonds. The highest BCUT2D eigenvalue weighted by molar-refractivity contribution is 9.10. The molecule has 0 aliphatic carbocycles. The summed E-state index contributed by atoms with van der Waals surface area (Å²) in [6.07, 6.45) is 4.00. The standard InChI is InChI=1S/C12H16BrN3O2.2ClH/c13-9-5-10(12(18)15-7-9)16-11(17)2-1-8-3-4-14-6-8;;/h5,7-8,14H,1-4,6H2,(H,15,18)(H,16,17);2*1H. The lowest BCUT2D eigenvalue weighted by Crippen LogP contribution is -2.20. The van der Waals surface area contributed by atoms with Crippen LogP contribution in [0.4, 0.5) is 5.69 Å². The predicted molar refractivity (Wildman–Crippen MR) is 88.1 cm³/mol. The Morgan fingerprint density at radius 2 is 2.20 bits per heavy atom. The number of pyridine rings is 1. The van der Waals surface area contributed by atoms with Crippen molar-refractivity contribution >= 4 is 52.3 Å². The zero-order valence-electron chi connectivity index (χ0n) is 10.8. The second-order valence-electron chi connectivity index (χ2n) is 4.51. The molecule has 1 fully saturated rings. The van der Waals surface area contributed by atoms with Gasteiger partial charge in [-0.3, -0.25) is 9.59 Å². The SMILES string of the molecule is Cl.Cl.O=C(CCC1CCNC1)Nc1cc(Br)c[nH]c1=O. The number of aromatic amines is 1. The summed E-state index contributed by atoms with van der Waals surface area (Å²) in [6.45, 7) is 2.03. The molecule has 5 nitrogen and oxygen atoms in total. The van der Waals surface area contributed by atoms with Crippen LogP contribution in [-0.4, -0.2) is 24.0 Å². The largest absolute Gasteiger partial charge is 0.326 e. The normalized spacial score (nSPS) is 16.9. The first-order chi connectivity index (χ1) is 8.65. The highest BCUT2D eigenvalue weighted by Crippen LogP contribution is 2.15. The van der Waals surface area contributed by atoms with E-state index in [1.54, 1.807) is 12.3 Å². The molecule has 0 saturated carbocycles. The molecule has 2 heterocycles. The Hall–Kier alpha value is -0.560. The van der Waals surface area contributed by atoms with E-state index in [1.165, 1.54) is 0 Å². The number of carbonyl (C=O) groups excluding carboxylic acids is 1. The van der Waals surface area contributed by atoms with Gasteiger partial charge in [0.1, 0.15) is 5.69 Å². The zero-order chi connectivity index (χ0) is 13.0. The van der Waals surface area contributed by atoms with Crippen LogP contribution in [0, 0.1) is 5.92 Å². The fourth-order valence-corrected chi connectivity index (χ4v) is 2.40. The van der Waals surface area contributed by atoms with Crippen LogP contribution < -0.4 is 16.2 Å². The van der Waals surface area contributed by atoms with Crippen LogP contribution in [0.5, 0.6) is 0 Å². The summed E-state index contributed by atoms with van der Waals surface area (Å²) < 4.78 is 0.734. The van der Waals surface area contributed by atoms with Gasteiger partial charge >= 0.3 is 0 Å². The molecule has 114 valence electrons. The van der Waals surface area contributed by atoms with Crippen molar-refractivity contribution in [3.05, 3.63) is 27.1 Å². The molecule has 1 atom stereocenters. The molecule has 8 heteroatoms. The van der Waals surface area contributed by atoms with Crippen LogP contribution in [0.3, 0.4) is 0 Å². The Balaban J connectivity index is 0.00000180. The number of H-pyrrole nitrogens is 1. The minimum absolute atomic E-state index is 0. The lowest BCUT2D eigenvalue weighted by Gasteiger charge is -2.08. The number of rotatable bonds is 4. The van der Waals surface area contributed by atoms with Crippen LogP contribution in [0.15, 0.2) is 21.5 Å². The van der Waals surface area contributed by atoms with Gasteiger partial charge in [-0.2, -0.15) is 0 Å². The Morgan fingerprint density at radius 1 is 1.45 bits per heavy atom. The van der Waals surface area contributed by atoms with E-state index in [9.17, 15) is 9.59 Å². The van der Waals surface area contributed by atoms with Crippen LogP contribution in [0.1, 0.15) is 19.3 Å². The first-order valence-electron chi connectivity index (χ1n) is 6.04.